The van der Waals surface area contributed by atoms with Gasteiger partial charge in [0.2, 0.25) is 0 Å². The molecule has 0 aliphatic carbocycles. The lowest BCUT2D eigenvalue weighted by atomic mass is 10.1. The van der Waals surface area contributed by atoms with E-state index < -0.39 is 0 Å². The van der Waals surface area contributed by atoms with E-state index in [9.17, 15) is 4.79 Å². The van der Waals surface area contributed by atoms with Gasteiger partial charge in [0.25, 0.3) is 0 Å². The van der Waals surface area contributed by atoms with Crippen LogP contribution in [0.5, 0.6) is 0 Å². The molecule has 3 aromatic carbocycles. The fraction of sp³-hybridized carbons (Fsp3) is 0.240. The van der Waals surface area contributed by atoms with Crippen LogP contribution in [0.1, 0.15) is 30.0 Å². The van der Waals surface area contributed by atoms with Gasteiger partial charge in [0, 0.05) is 23.5 Å². The average molecular weight is 373 g/mol. The Hall–Kier alpha value is -3.07. The van der Waals surface area contributed by atoms with Crippen molar-refractivity contribution < 1.29 is 9.53 Å². The van der Waals surface area contributed by atoms with E-state index in [2.05, 4.69) is 91.5 Å². The predicted molar refractivity (Wildman–Crippen MR) is 116 cm³/mol. The van der Waals surface area contributed by atoms with Crippen LogP contribution in [0.4, 0.5) is 17.1 Å². The molecular formula is C25H27NO2. The van der Waals surface area contributed by atoms with Crippen LogP contribution >= 0.6 is 0 Å². The number of carbonyl (C=O) groups is 1. The smallest absolute Gasteiger partial charge is 0.306 e. The summed E-state index contributed by atoms with van der Waals surface area (Å²) in [4.78, 5) is 13.8. The molecule has 0 spiro atoms. The van der Waals surface area contributed by atoms with Crippen molar-refractivity contribution in [3.8, 4) is 0 Å². The largest absolute Gasteiger partial charge is 0.466 e. The summed E-state index contributed by atoms with van der Waals surface area (Å²) in [5, 5.41) is 0. The highest BCUT2D eigenvalue weighted by Crippen LogP contribution is 2.34. The van der Waals surface area contributed by atoms with Gasteiger partial charge in [-0.25, -0.2) is 0 Å². The van der Waals surface area contributed by atoms with Crippen LogP contribution in [-0.4, -0.2) is 12.6 Å². The summed E-state index contributed by atoms with van der Waals surface area (Å²) in [7, 11) is 0. The molecule has 28 heavy (non-hydrogen) atoms. The van der Waals surface area contributed by atoms with Crippen molar-refractivity contribution in [2.24, 2.45) is 0 Å². The minimum absolute atomic E-state index is 0.146. The zero-order valence-corrected chi connectivity index (χ0v) is 16.8. The molecule has 0 aliphatic rings. The molecule has 144 valence electrons. The van der Waals surface area contributed by atoms with Gasteiger partial charge in [-0.05, 0) is 69.2 Å². The molecule has 0 aliphatic heterocycles. The molecule has 0 atom stereocenters. The highest BCUT2D eigenvalue weighted by molar-refractivity contribution is 5.76. The van der Waals surface area contributed by atoms with Gasteiger partial charge in [-0.3, -0.25) is 4.79 Å². The first-order valence-corrected chi connectivity index (χ1v) is 9.75. The van der Waals surface area contributed by atoms with Crippen LogP contribution < -0.4 is 4.90 Å². The zero-order chi connectivity index (χ0) is 19.9. The van der Waals surface area contributed by atoms with Crippen molar-refractivity contribution in [2.45, 2.75) is 33.6 Å². The fourth-order valence-corrected chi connectivity index (χ4v) is 3.13. The number of ether oxygens (including phenoxy) is 1. The maximum absolute atomic E-state index is 11.6. The summed E-state index contributed by atoms with van der Waals surface area (Å²) < 4.78 is 5.01. The molecule has 0 fully saturated rings. The van der Waals surface area contributed by atoms with Crippen LogP contribution in [0.2, 0.25) is 0 Å². The highest BCUT2D eigenvalue weighted by Gasteiger charge is 2.12. The molecule has 3 aromatic rings. The SMILES string of the molecule is CCOC(=O)CCc1ccc(N(c2ccc(C)cc2)c2ccc(C)cc2)cc1. The molecular weight excluding hydrogens is 346 g/mol. The van der Waals surface area contributed by atoms with E-state index in [4.69, 9.17) is 4.74 Å². The lowest BCUT2D eigenvalue weighted by Gasteiger charge is -2.26. The van der Waals surface area contributed by atoms with Crippen molar-refractivity contribution in [3.05, 3.63) is 89.5 Å². The van der Waals surface area contributed by atoms with Crippen LogP contribution in [0.15, 0.2) is 72.8 Å². The molecule has 0 aromatic heterocycles. The van der Waals surface area contributed by atoms with Crippen LogP contribution in [-0.2, 0) is 16.0 Å². The molecule has 3 rings (SSSR count). The number of hydrogen-bond acceptors (Lipinski definition) is 3. The number of benzene rings is 3. The maximum atomic E-state index is 11.6. The summed E-state index contributed by atoms with van der Waals surface area (Å²) in [6, 6.07) is 25.5. The molecule has 0 N–H and O–H groups in total. The Bertz CT molecular complexity index is 851. The quantitative estimate of drug-likeness (QED) is 0.457. The molecule has 3 heteroatoms. The van der Waals surface area contributed by atoms with Crippen molar-refractivity contribution in [2.75, 3.05) is 11.5 Å². The summed E-state index contributed by atoms with van der Waals surface area (Å²) in [6.07, 6.45) is 1.10. The Balaban J connectivity index is 1.86. The third kappa shape index (κ3) is 5.01. The molecule has 0 amide bonds. The van der Waals surface area contributed by atoms with Crippen molar-refractivity contribution in [1.82, 2.24) is 0 Å². The standard InChI is InChI=1S/C25H27NO2/c1-4-28-25(27)18-11-21-9-16-24(17-10-21)26(22-12-5-19(2)6-13-22)23-14-7-20(3)8-15-23/h5-10,12-17H,4,11,18H2,1-3H3. The minimum atomic E-state index is -0.146. The van der Waals surface area contributed by atoms with E-state index in [-0.39, 0.29) is 5.97 Å². The molecule has 0 radical (unpaired) electrons. The van der Waals surface area contributed by atoms with E-state index in [0.717, 1.165) is 22.6 Å². The van der Waals surface area contributed by atoms with E-state index in [1.165, 1.54) is 11.1 Å². The van der Waals surface area contributed by atoms with E-state index >= 15 is 0 Å². The average Bonchev–Trinajstić information content (AvgIpc) is 2.71. The van der Waals surface area contributed by atoms with Crippen LogP contribution in [0.25, 0.3) is 0 Å². The predicted octanol–water partition coefficient (Wildman–Crippen LogP) is 6.27. The number of aryl methyl sites for hydroxylation is 3. The summed E-state index contributed by atoms with van der Waals surface area (Å²) in [5.74, 6) is -0.146. The minimum Gasteiger partial charge on any atom is -0.466 e. The summed E-state index contributed by atoms with van der Waals surface area (Å²) in [5.41, 5.74) is 6.93. The first-order chi connectivity index (χ1) is 13.6. The first kappa shape index (κ1) is 19.7. The van der Waals surface area contributed by atoms with E-state index in [1.54, 1.807) is 0 Å². The second kappa shape index (κ2) is 9.23. The van der Waals surface area contributed by atoms with Crippen molar-refractivity contribution in [1.29, 1.82) is 0 Å². The number of hydrogen-bond donors (Lipinski definition) is 0. The number of rotatable bonds is 7. The van der Waals surface area contributed by atoms with Crippen LogP contribution in [0, 0.1) is 13.8 Å². The third-order valence-electron chi connectivity index (χ3n) is 4.70. The van der Waals surface area contributed by atoms with Crippen molar-refractivity contribution >= 4 is 23.0 Å². The molecule has 0 heterocycles. The van der Waals surface area contributed by atoms with Gasteiger partial charge >= 0.3 is 5.97 Å². The number of esters is 1. The molecule has 0 unspecified atom stereocenters. The topological polar surface area (TPSA) is 29.5 Å². The molecule has 0 bridgehead atoms. The number of anilines is 3. The monoisotopic (exact) mass is 373 g/mol. The fourth-order valence-electron chi connectivity index (χ4n) is 3.13. The highest BCUT2D eigenvalue weighted by atomic mass is 16.5. The Morgan fingerprint density at radius 1 is 0.750 bits per heavy atom. The van der Waals surface area contributed by atoms with Gasteiger partial charge < -0.3 is 9.64 Å². The number of carbonyl (C=O) groups excluding carboxylic acids is 1. The van der Waals surface area contributed by atoms with Crippen molar-refractivity contribution in [3.63, 3.8) is 0 Å². The first-order valence-electron chi connectivity index (χ1n) is 9.75. The van der Waals surface area contributed by atoms with Gasteiger partial charge in [0.05, 0.1) is 6.61 Å². The summed E-state index contributed by atoms with van der Waals surface area (Å²) >= 11 is 0. The van der Waals surface area contributed by atoms with Gasteiger partial charge in [-0.1, -0.05) is 47.5 Å². The Morgan fingerprint density at radius 3 is 1.61 bits per heavy atom. The van der Waals surface area contributed by atoms with E-state index in [1.807, 2.05) is 6.92 Å². The Kier molecular flexibility index (Phi) is 6.49. The van der Waals surface area contributed by atoms with Gasteiger partial charge in [0.1, 0.15) is 0 Å². The Labute approximate surface area is 167 Å². The van der Waals surface area contributed by atoms with E-state index in [0.29, 0.717) is 19.4 Å². The normalized spacial score (nSPS) is 10.5. The second-order valence-corrected chi connectivity index (χ2v) is 6.98. The van der Waals surface area contributed by atoms with Gasteiger partial charge in [0.15, 0.2) is 0 Å². The Morgan fingerprint density at radius 2 is 1.18 bits per heavy atom. The second-order valence-electron chi connectivity index (χ2n) is 6.98. The molecule has 0 saturated carbocycles. The number of nitrogens with zero attached hydrogens (tertiary/aromatic N) is 1. The lowest BCUT2D eigenvalue weighted by molar-refractivity contribution is -0.143. The van der Waals surface area contributed by atoms with Gasteiger partial charge in [-0.15, -0.1) is 0 Å². The zero-order valence-electron chi connectivity index (χ0n) is 16.8. The lowest BCUT2D eigenvalue weighted by Crippen LogP contribution is -2.10. The molecule has 3 nitrogen and oxygen atoms in total. The maximum Gasteiger partial charge on any atom is 0.306 e. The van der Waals surface area contributed by atoms with Gasteiger partial charge in [-0.2, -0.15) is 0 Å². The molecule has 0 saturated heterocycles. The third-order valence-corrected chi connectivity index (χ3v) is 4.70. The van der Waals surface area contributed by atoms with Crippen LogP contribution in [0.3, 0.4) is 0 Å². The summed E-state index contributed by atoms with van der Waals surface area (Å²) in [6.45, 7) is 6.45.